The van der Waals surface area contributed by atoms with Gasteiger partial charge in [-0.3, -0.25) is 0 Å². The van der Waals surface area contributed by atoms with Gasteiger partial charge in [0.2, 0.25) is 17.5 Å². The first-order chi connectivity index (χ1) is 17.1. The lowest BCUT2D eigenvalue weighted by Gasteiger charge is -2.09. The average molecular weight is 490 g/mol. The molecule has 0 aliphatic rings. The Labute approximate surface area is 208 Å². The fourth-order valence-corrected chi connectivity index (χ4v) is 3.66. The molecule has 0 unspecified atom stereocenters. The summed E-state index contributed by atoms with van der Waals surface area (Å²) in [5, 5.41) is 13.3. The van der Waals surface area contributed by atoms with Crippen molar-refractivity contribution in [1.29, 1.82) is 5.26 Å². The highest BCUT2D eigenvalue weighted by molar-refractivity contribution is 6.31. The van der Waals surface area contributed by atoms with E-state index in [0.29, 0.717) is 53.6 Å². The van der Waals surface area contributed by atoms with E-state index >= 15 is 0 Å². The lowest BCUT2D eigenvalue weighted by Crippen LogP contribution is -2.05. The molecule has 7 nitrogen and oxygen atoms in total. The molecular formula is C27H24ClN3O4. The van der Waals surface area contributed by atoms with Gasteiger partial charge in [0.25, 0.3) is 0 Å². The molecule has 0 bridgehead atoms. The summed E-state index contributed by atoms with van der Waals surface area (Å²) >= 11 is 6.18. The standard InChI is InChI=1S/C27H24ClN3O4/c1-32-24-12-7-18(15-25(24)33-2)13-14-30-27-23(16-29)31-26(35-27)19-8-10-21(11-9-19)34-17-20-5-3-4-6-22(20)28/h3-12,15,30H,13-14,17H2,1-2H3. The van der Waals surface area contributed by atoms with Crippen LogP contribution in [0.3, 0.4) is 0 Å². The fraction of sp³-hybridized carbons (Fsp3) is 0.185. The van der Waals surface area contributed by atoms with Crippen LogP contribution in [0.25, 0.3) is 11.5 Å². The van der Waals surface area contributed by atoms with Gasteiger partial charge < -0.3 is 23.9 Å². The SMILES string of the molecule is COc1ccc(CCNc2oc(-c3ccc(OCc4ccccc4Cl)cc3)nc2C#N)cc1OC. The van der Waals surface area contributed by atoms with Gasteiger partial charge in [0.05, 0.1) is 14.2 Å². The summed E-state index contributed by atoms with van der Waals surface area (Å²) in [5.41, 5.74) is 2.90. The Morgan fingerprint density at radius 1 is 1.00 bits per heavy atom. The van der Waals surface area contributed by atoms with Crippen molar-refractivity contribution >= 4 is 17.5 Å². The maximum absolute atomic E-state index is 9.49. The number of anilines is 1. The summed E-state index contributed by atoms with van der Waals surface area (Å²) in [6, 6.07) is 22.7. The molecule has 4 rings (SSSR count). The minimum atomic E-state index is 0.200. The molecule has 178 valence electrons. The summed E-state index contributed by atoms with van der Waals surface area (Å²) in [6.45, 7) is 0.915. The minimum absolute atomic E-state index is 0.200. The first kappa shape index (κ1) is 24.0. The molecule has 0 aliphatic carbocycles. The van der Waals surface area contributed by atoms with Crippen LogP contribution in [0, 0.1) is 11.3 Å². The highest BCUT2D eigenvalue weighted by Crippen LogP contribution is 2.29. The predicted molar refractivity (Wildman–Crippen MR) is 134 cm³/mol. The van der Waals surface area contributed by atoms with Gasteiger partial charge in [-0.25, -0.2) is 0 Å². The molecule has 0 saturated carbocycles. The van der Waals surface area contributed by atoms with Gasteiger partial charge in [-0.05, 0) is 54.4 Å². The number of ether oxygens (including phenoxy) is 3. The zero-order chi connectivity index (χ0) is 24.6. The van der Waals surface area contributed by atoms with Crippen LogP contribution in [0.5, 0.6) is 17.2 Å². The van der Waals surface area contributed by atoms with E-state index in [4.69, 9.17) is 30.2 Å². The number of benzene rings is 3. The van der Waals surface area contributed by atoms with Crippen LogP contribution in [-0.2, 0) is 13.0 Å². The molecule has 1 heterocycles. The number of nitrogens with one attached hydrogen (secondary N) is 1. The summed E-state index contributed by atoms with van der Waals surface area (Å²) in [4.78, 5) is 4.32. The van der Waals surface area contributed by atoms with E-state index in [9.17, 15) is 5.26 Å². The van der Waals surface area contributed by atoms with E-state index in [0.717, 1.165) is 16.7 Å². The van der Waals surface area contributed by atoms with Gasteiger partial charge in [-0.1, -0.05) is 35.9 Å². The molecule has 0 radical (unpaired) electrons. The van der Waals surface area contributed by atoms with Crippen molar-refractivity contribution in [2.24, 2.45) is 0 Å². The molecule has 0 aliphatic heterocycles. The summed E-state index contributed by atoms with van der Waals surface area (Å²) < 4.78 is 22.3. The summed E-state index contributed by atoms with van der Waals surface area (Å²) in [5.74, 6) is 2.73. The second-order valence-electron chi connectivity index (χ2n) is 7.58. The molecule has 0 fully saturated rings. The fourth-order valence-electron chi connectivity index (χ4n) is 3.47. The molecule has 0 saturated heterocycles. The van der Waals surface area contributed by atoms with Gasteiger partial charge in [-0.15, -0.1) is 0 Å². The van der Waals surface area contributed by atoms with Crippen molar-refractivity contribution in [2.45, 2.75) is 13.0 Å². The molecule has 35 heavy (non-hydrogen) atoms. The van der Waals surface area contributed by atoms with Gasteiger partial charge in [-0.2, -0.15) is 10.2 Å². The molecule has 1 N–H and O–H groups in total. The second kappa shape index (κ2) is 11.3. The Morgan fingerprint density at radius 3 is 2.49 bits per heavy atom. The van der Waals surface area contributed by atoms with Crippen LogP contribution in [0.15, 0.2) is 71.1 Å². The zero-order valence-corrected chi connectivity index (χ0v) is 20.1. The van der Waals surface area contributed by atoms with E-state index in [1.54, 1.807) is 14.2 Å². The van der Waals surface area contributed by atoms with Gasteiger partial charge >= 0.3 is 0 Å². The Morgan fingerprint density at radius 2 is 1.77 bits per heavy atom. The monoisotopic (exact) mass is 489 g/mol. The third kappa shape index (κ3) is 5.86. The molecule has 1 aromatic heterocycles. The maximum Gasteiger partial charge on any atom is 0.232 e. The lowest BCUT2D eigenvalue weighted by atomic mass is 10.1. The number of nitrogens with zero attached hydrogens (tertiary/aromatic N) is 2. The van der Waals surface area contributed by atoms with E-state index in [2.05, 4.69) is 16.4 Å². The molecule has 8 heteroatoms. The van der Waals surface area contributed by atoms with Crippen LogP contribution < -0.4 is 19.5 Å². The highest BCUT2D eigenvalue weighted by atomic mass is 35.5. The van der Waals surface area contributed by atoms with Gasteiger partial charge in [0.15, 0.2) is 11.5 Å². The number of rotatable bonds is 10. The molecule has 3 aromatic carbocycles. The lowest BCUT2D eigenvalue weighted by molar-refractivity contribution is 0.306. The number of methoxy groups -OCH3 is 2. The summed E-state index contributed by atoms with van der Waals surface area (Å²) in [6.07, 6.45) is 0.693. The third-order valence-electron chi connectivity index (χ3n) is 5.33. The largest absolute Gasteiger partial charge is 0.493 e. The Hall–Kier alpha value is -4.15. The normalized spacial score (nSPS) is 10.5. The van der Waals surface area contributed by atoms with Crippen LogP contribution in [0.1, 0.15) is 16.8 Å². The number of aromatic nitrogens is 1. The first-order valence-electron chi connectivity index (χ1n) is 10.9. The van der Waals surface area contributed by atoms with E-state index < -0.39 is 0 Å². The summed E-state index contributed by atoms with van der Waals surface area (Å²) in [7, 11) is 3.21. The maximum atomic E-state index is 9.49. The predicted octanol–water partition coefficient (Wildman–Crippen LogP) is 6.12. The number of halogens is 1. The minimum Gasteiger partial charge on any atom is -0.493 e. The van der Waals surface area contributed by atoms with Crippen LogP contribution in [0.2, 0.25) is 5.02 Å². The molecule has 0 spiro atoms. The Balaban J connectivity index is 1.38. The number of nitriles is 1. The van der Waals surface area contributed by atoms with E-state index in [1.807, 2.05) is 66.7 Å². The zero-order valence-electron chi connectivity index (χ0n) is 19.4. The third-order valence-corrected chi connectivity index (χ3v) is 5.70. The van der Waals surface area contributed by atoms with E-state index in [1.165, 1.54) is 0 Å². The van der Waals surface area contributed by atoms with Crippen LogP contribution in [-0.4, -0.2) is 25.7 Å². The molecule has 0 atom stereocenters. The number of oxazole rings is 1. The average Bonchev–Trinajstić information content (AvgIpc) is 3.31. The molecular weight excluding hydrogens is 466 g/mol. The van der Waals surface area contributed by atoms with Gasteiger partial charge in [0, 0.05) is 22.7 Å². The molecule has 0 amide bonds. The van der Waals surface area contributed by atoms with Crippen molar-refractivity contribution in [1.82, 2.24) is 4.98 Å². The van der Waals surface area contributed by atoms with Crippen molar-refractivity contribution < 1.29 is 18.6 Å². The Kier molecular flexibility index (Phi) is 7.76. The highest BCUT2D eigenvalue weighted by Gasteiger charge is 2.15. The smallest absolute Gasteiger partial charge is 0.232 e. The Bertz CT molecular complexity index is 1330. The van der Waals surface area contributed by atoms with Crippen molar-refractivity contribution in [2.75, 3.05) is 26.1 Å². The van der Waals surface area contributed by atoms with Gasteiger partial charge in [0.1, 0.15) is 18.4 Å². The van der Waals surface area contributed by atoms with E-state index in [-0.39, 0.29) is 5.69 Å². The number of hydrogen-bond donors (Lipinski definition) is 1. The topological polar surface area (TPSA) is 89.5 Å². The number of hydrogen-bond acceptors (Lipinski definition) is 7. The first-order valence-corrected chi connectivity index (χ1v) is 11.3. The molecule has 4 aromatic rings. The van der Waals surface area contributed by atoms with Crippen molar-refractivity contribution in [3.63, 3.8) is 0 Å². The van der Waals surface area contributed by atoms with Crippen molar-refractivity contribution in [3.8, 4) is 34.8 Å². The van der Waals surface area contributed by atoms with Crippen LogP contribution in [0.4, 0.5) is 5.88 Å². The quantitative estimate of drug-likeness (QED) is 0.287. The second-order valence-corrected chi connectivity index (χ2v) is 7.99. The van der Waals surface area contributed by atoms with Crippen molar-refractivity contribution in [3.05, 3.63) is 88.6 Å². The van der Waals surface area contributed by atoms with Crippen LogP contribution >= 0.6 is 11.6 Å².